The molecule has 0 aliphatic carbocycles. The van der Waals surface area contributed by atoms with Crippen molar-refractivity contribution in [3.63, 3.8) is 0 Å². The molecule has 0 aromatic heterocycles. The topological polar surface area (TPSA) is 60.7 Å². The first-order chi connectivity index (χ1) is 9.74. The minimum Gasteiger partial charge on any atom is -0.504 e. The Hall–Kier alpha value is -1.74. The normalized spacial score (nSPS) is 11.7. The van der Waals surface area contributed by atoms with Crippen molar-refractivity contribution in [3.05, 3.63) is 42.0 Å². The molecule has 1 aromatic carbocycles. The fraction of sp³-hybridized carbons (Fsp3) is 0.412. The second kappa shape index (κ2) is 10.1. The lowest BCUT2D eigenvalue weighted by Gasteiger charge is -1.99. The molecule has 0 radical (unpaired) electrons. The zero-order chi connectivity index (χ0) is 14.6. The van der Waals surface area contributed by atoms with E-state index in [0.29, 0.717) is 0 Å². The maximum Gasteiger partial charge on any atom is 0.157 e. The summed E-state index contributed by atoms with van der Waals surface area (Å²) in [5, 5.41) is 27.1. The molecule has 0 unspecified atom stereocenters. The lowest BCUT2D eigenvalue weighted by Crippen LogP contribution is -1.78. The highest BCUT2D eigenvalue weighted by atomic mass is 16.3. The Bertz CT molecular complexity index is 436. The van der Waals surface area contributed by atoms with Crippen LogP contribution < -0.4 is 0 Å². The first kappa shape index (κ1) is 16.3. The highest BCUT2D eigenvalue weighted by Crippen LogP contribution is 2.25. The van der Waals surface area contributed by atoms with Crippen molar-refractivity contribution in [3.8, 4) is 11.5 Å². The molecule has 1 rings (SSSR count). The molecule has 3 N–H and O–H groups in total. The Balaban J connectivity index is 2.10. The van der Waals surface area contributed by atoms with Gasteiger partial charge in [-0.05, 0) is 43.4 Å². The lowest BCUT2D eigenvalue weighted by atomic mass is 10.1. The summed E-state index contributed by atoms with van der Waals surface area (Å²) in [4.78, 5) is 0. The Morgan fingerprint density at radius 2 is 1.50 bits per heavy atom. The molecule has 1 aromatic rings. The van der Waals surface area contributed by atoms with Crippen LogP contribution in [0.2, 0.25) is 0 Å². The molecule has 110 valence electrons. The quantitative estimate of drug-likeness (QED) is 0.363. The van der Waals surface area contributed by atoms with Gasteiger partial charge in [-0.15, -0.1) is 0 Å². The van der Waals surface area contributed by atoms with E-state index in [-0.39, 0.29) is 18.1 Å². The van der Waals surface area contributed by atoms with Crippen LogP contribution in [0.25, 0.3) is 6.08 Å². The smallest absolute Gasteiger partial charge is 0.157 e. The number of hydrogen-bond donors (Lipinski definition) is 3. The second-order valence-electron chi connectivity index (χ2n) is 4.80. The van der Waals surface area contributed by atoms with Crippen molar-refractivity contribution in [2.75, 3.05) is 6.61 Å². The summed E-state index contributed by atoms with van der Waals surface area (Å²) in [5.41, 5.74) is 0.898. The van der Waals surface area contributed by atoms with E-state index in [1.807, 2.05) is 12.2 Å². The first-order valence-electron chi connectivity index (χ1n) is 7.18. The molecule has 0 aliphatic rings. The van der Waals surface area contributed by atoms with Gasteiger partial charge in [0.25, 0.3) is 0 Å². The Morgan fingerprint density at radius 3 is 2.15 bits per heavy atom. The molecule has 20 heavy (non-hydrogen) atoms. The summed E-state index contributed by atoms with van der Waals surface area (Å²) < 4.78 is 0. The monoisotopic (exact) mass is 276 g/mol. The summed E-state index contributed by atoms with van der Waals surface area (Å²) in [5.74, 6) is -0.166. The van der Waals surface area contributed by atoms with Crippen LogP contribution in [0.1, 0.15) is 44.1 Å². The van der Waals surface area contributed by atoms with Crippen molar-refractivity contribution in [1.29, 1.82) is 0 Å². The Labute approximate surface area is 120 Å². The van der Waals surface area contributed by atoms with E-state index in [9.17, 15) is 10.2 Å². The third-order valence-electron chi connectivity index (χ3n) is 3.07. The maximum absolute atomic E-state index is 9.36. The highest BCUT2D eigenvalue weighted by molar-refractivity contribution is 5.54. The number of aromatic hydroxyl groups is 2. The zero-order valence-electron chi connectivity index (χ0n) is 11.8. The zero-order valence-corrected chi connectivity index (χ0v) is 11.8. The van der Waals surface area contributed by atoms with Gasteiger partial charge in [-0.3, -0.25) is 0 Å². The van der Waals surface area contributed by atoms with E-state index >= 15 is 0 Å². The molecular weight excluding hydrogens is 252 g/mol. The van der Waals surface area contributed by atoms with Gasteiger partial charge in [0.1, 0.15) is 0 Å². The first-order valence-corrected chi connectivity index (χ1v) is 7.18. The molecule has 0 aliphatic heterocycles. The largest absolute Gasteiger partial charge is 0.504 e. The number of aliphatic hydroxyl groups excluding tert-OH is 1. The lowest BCUT2D eigenvalue weighted by molar-refractivity contribution is 0.342. The molecule has 0 amide bonds. The maximum atomic E-state index is 9.36. The van der Waals surface area contributed by atoms with Gasteiger partial charge >= 0.3 is 0 Å². The molecule has 0 bridgehead atoms. The van der Waals surface area contributed by atoms with Crippen LogP contribution in [-0.4, -0.2) is 21.9 Å². The molecule has 0 saturated carbocycles. The summed E-state index contributed by atoms with van der Waals surface area (Å²) >= 11 is 0. The summed E-state index contributed by atoms with van der Waals surface area (Å²) in [6.07, 6.45) is 14.7. The van der Waals surface area contributed by atoms with E-state index in [1.165, 1.54) is 25.3 Å². The summed E-state index contributed by atoms with van der Waals surface area (Å²) in [6.45, 7) is 0.137. The van der Waals surface area contributed by atoms with Crippen molar-refractivity contribution in [2.24, 2.45) is 0 Å². The molecule has 3 heteroatoms. The predicted octanol–water partition coefficient (Wildman–Crippen LogP) is 4.00. The molecule has 3 nitrogen and oxygen atoms in total. The molecule has 0 heterocycles. The summed E-state index contributed by atoms with van der Waals surface area (Å²) in [6, 6.07) is 4.83. The minimum absolute atomic E-state index is 0.0805. The third-order valence-corrected chi connectivity index (χ3v) is 3.07. The highest BCUT2D eigenvalue weighted by Gasteiger charge is 1.97. The predicted molar refractivity (Wildman–Crippen MR) is 82.7 cm³/mol. The number of phenols is 2. The van der Waals surface area contributed by atoms with Crippen molar-refractivity contribution in [1.82, 2.24) is 0 Å². The number of unbranched alkanes of at least 4 members (excludes halogenated alkanes) is 5. The fourth-order valence-electron chi connectivity index (χ4n) is 1.93. The standard InChI is InChI=1S/C17H24O3/c18-13-9-7-5-3-1-2-4-6-8-10-15-11-12-16(19)17(20)14-15/h7-12,14,18-20H,1-6,13H2/b9-7-,10-8-. The van der Waals surface area contributed by atoms with Crippen LogP contribution in [0.15, 0.2) is 36.4 Å². The number of aliphatic hydroxyl groups is 1. The fourth-order valence-corrected chi connectivity index (χ4v) is 1.93. The molecule has 0 fully saturated rings. The summed E-state index contributed by atoms with van der Waals surface area (Å²) in [7, 11) is 0. The van der Waals surface area contributed by atoms with Crippen molar-refractivity contribution >= 4 is 6.08 Å². The van der Waals surface area contributed by atoms with E-state index in [2.05, 4.69) is 6.08 Å². The van der Waals surface area contributed by atoms with Gasteiger partial charge in [0, 0.05) is 0 Å². The Kier molecular flexibility index (Phi) is 8.24. The van der Waals surface area contributed by atoms with Crippen LogP contribution in [-0.2, 0) is 0 Å². The van der Waals surface area contributed by atoms with Gasteiger partial charge in [0.15, 0.2) is 11.5 Å². The van der Waals surface area contributed by atoms with E-state index in [1.54, 1.807) is 18.2 Å². The molecular formula is C17H24O3. The van der Waals surface area contributed by atoms with Crippen LogP contribution in [0.5, 0.6) is 11.5 Å². The number of hydrogen-bond acceptors (Lipinski definition) is 3. The van der Waals surface area contributed by atoms with Crippen molar-refractivity contribution < 1.29 is 15.3 Å². The third kappa shape index (κ3) is 7.00. The van der Waals surface area contributed by atoms with Gasteiger partial charge in [-0.1, -0.05) is 43.2 Å². The molecule has 0 saturated heterocycles. The van der Waals surface area contributed by atoms with Gasteiger partial charge < -0.3 is 15.3 Å². The van der Waals surface area contributed by atoms with Crippen molar-refractivity contribution in [2.45, 2.75) is 38.5 Å². The van der Waals surface area contributed by atoms with Gasteiger partial charge in [0.2, 0.25) is 0 Å². The second-order valence-corrected chi connectivity index (χ2v) is 4.80. The molecule has 0 atom stereocenters. The number of rotatable bonds is 9. The van der Waals surface area contributed by atoms with Crippen LogP contribution >= 0.6 is 0 Å². The van der Waals surface area contributed by atoms with E-state index in [0.717, 1.165) is 24.8 Å². The van der Waals surface area contributed by atoms with E-state index < -0.39 is 0 Å². The van der Waals surface area contributed by atoms with Crippen LogP contribution in [0.3, 0.4) is 0 Å². The van der Waals surface area contributed by atoms with Gasteiger partial charge in [-0.25, -0.2) is 0 Å². The number of allylic oxidation sites excluding steroid dienone is 2. The number of phenolic OH excluding ortho intramolecular Hbond substituents is 2. The Morgan fingerprint density at radius 1 is 0.800 bits per heavy atom. The van der Waals surface area contributed by atoms with Crippen LogP contribution in [0, 0.1) is 0 Å². The van der Waals surface area contributed by atoms with Gasteiger partial charge in [-0.2, -0.15) is 0 Å². The van der Waals surface area contributed by atoms with E-state index in [4.69, 9.17) is 5.11 Å². The SMILES string of the molecule is OC/C=C\CCCCCC/C=C\c1ccc(O)c(O)c1. The van der Waals surface area contributed by atoms with Crippen LogP contribution in [0.4, 0.5) is 0 Å². The minimum atomic E-state index is -0.0857. The number of benzene rings is 1. The molecule has 0 spiro atoms. The average Bonchev–Trinajstić information content (AvgIpc) is 2.45. The average molecular weight is 276 g/mol. The van der Waals surface area contributed by atoms with Gasteiger partial charge in [0.05, 0.1) is 6.61 Å².